The predicted octanol–water partition coefficient (Wildman–Crippen LogP) is 4.67. The molecule has 3 rings (SSSR count). The van der Waals surface area contributed by atoms with Gasteiger partial charge in [0.25, 0.3) is 5.56 Å². The van der Waals surface area contributed by atoms with Gasteiger partial charge in [0.15, 0.2) is 5.16 Å². The number of hydrogen-bond donors (Lipinski definition) is 1. The summed E-state index contributed by atoms with van der Waals surface area (Å²) < 4.78 is 1.63. The van der Waals surface area contributed by atoms with Crippen molar-refractivity contribution < 1.29 is 4.79 Å². The number of benzene rings is 2. The summed E-state index contributed by atoms with van der Waals surface area (Å²) in [6.45, 7) is 5.74. The highest BCUT2D eigenvalue weighted by Crippen LogP contribution is 2.23. The van der Waals surface area contributed by atoms with Gasteiger partial charge in [-0.15, -0.1) is 0 Å². The molecule has 7 heteroatoms. The second kappa shape index (κ2) is 8.15. The van der Waals surface area contributed by atoms with E-state index in [1.807, 2.05) is 39.0 Å². The van der Waals surface area contributed by atoms with Gasteiger partial charge in [-0.05, 0) is 56.7 Å². The number of thioether (sulfide) groups is 1. The van der Waals surface area contributed by atoms with Crippen LogP contribution >= 0.6 is 23.4 Å². The number of halogens is 1. The highest BCUT2D eigenvalue weighted by atomic mass is 35.5. The Morgan fingerprint density at radius 1 is 1.26 bits per heavy atom. The lowest BCUT2D eigenvalue weighted by atomic mass is 10.2. The molecule has 0 fully saturated rings. The third-order valence-corrected chi connectivity index (χ3v) is 5.27. The molecule has 5 nitrogen and oxygen atoms in total. The van der Waals surface area contributed by atoms with Gasteiger partial charge in [0.2, 0.25) is 5.91 Å². The molecule has 0 saturated heterocycles. The quantitative estimate of drug-likeness (QED) is 0.498. The molecule has 1 N–H and O–H groups in total. The zero-order chi connectivity index (χ0) is 19.6. The number of para-hydroxylation sites is 1. The lowest BCUT2D eigenvalue weighted by Crippen LogP contribution is -2.25. The third kappa shape index (κ3) is 4.34. The largest absolute Gasteiger partial charge is 0.325 e. The maximum Gasteiger partial charge on any atom is 0.262 e. The van der Waals surface area contributed by atoms with Crippen molar-refractivity contribution in [3.8, 4) is 0 Å². The Labute approximate surface area is 166 Å². The lowest BCUT2D eigenvalue weighted by molar-refractivity contribution is -0.113. The summed E-state index contributed by atoms with van der Waals surface area (Å²) in [5.41, 5.74) is 2.16. The number of aryl methyl sites for hydroxylation is 1. The average molecular weight is 402 g/mol. The molecule has 0 unspecified atom stereocenters. The summed E-state index contributed by atoms with van der Waals surface area (Å²) in [6, 6.07) is 12.5. The second-order valence-electron chi connectivity index (χ2n) is 6.48. The van der Waals surface area contributed by atoms with E-state index in [1.165, 1.54) is 11.8 Å². The molecule has 0 saturated carbocycles. The molecular formula is C20H20ClN3O2S. The number of nitrogens with zero attached hydrogens (tertiary/aromatic N) is 2. The van der Waals surface area contributed by atoms with Crippen molar-refractivity contribution >= 4 is 45.9 Å². The van der Waals surface area contributed by atoms with Crippen molar-refractivity contribution in [1.82, 2.24) is 9.55 Å². The number of rotatable bonds is 5. The van der Waals surface area contributed by atoms with E-state index in [1.54, 1.807) is 28.8 Å². The van der Waals surface area contributed by atoms with Crippen LogP contribution in [0.2, 0.25) is 5.02 Å². The Kier molecular flexibility index (Phi) is 5.87. The number of fused-ring (bicyclic) bond motifs is 1. The Morgan fingerprint density at radius 3 is 2.70 bits per heavy atom. The fourth-order valence-electron chi connectivity index (χ4n) is 2.77. The van der Waals surface area contributed by atoms with Gasteiger partial charge in [-0.2, -0.15) is 0 Å². The molecule has 3 aromatic rings. The Morgan fingerprint density at radius 2 is 2.00 bits per heavy atom. The number of carbonyl (C=O) groups excluding carboxylic acids is 1. The first-order valence-corrected chi connectivity index (χ1v) is 9.93. The smallest absolute Gasteiger partial charge is 0.262 e. The zero-order valence-corrected chi connectivity index (χ0v) is 16.9. The number of hydrogen-bond acceptors (Lipinski definition) is 4. The van der Waals surface area contributed by atoms with E-state index in [0.29, 0.717) is 21.1 Å². The van der Waals surface area contributed by atoms with Crippen molar-refractivity contribution in [2.24, 2.45) is 0 Å². The molecule has 140 valence electrons. The normalized spacial score (nSPS) is 11.1. The minimum atomic E-state index is -0.164. The summed E-state index contributed by atoms with van der Waals surface area (Å²) >= 11 is 7.20. The predicted molar refractivity (Wildman–Crippen MR) is 112 cm³/mol. The van der Waals surface area contributed by atoms with Gasteiger partial charge in [0.1, 0.15) is 0 Å². The molecule has 0 radical (unpaired) electrons. The first-order chi connectivity index (χ1) is 12.9. The van der Waals surface area contributed by atoms with Crippen LogP contribution in [0.4, 0.5) is 5.69 Å². The zero-order valence-electron chi connectivity index (χ0n) is 15.3. The van der Waals surface area contributed by atoms with E-state index >= 15 is 0 Å². The van der Waals surface area contributed by atoms with E-state index in [0.717, 1.165) is 11.3 Å². The van der Waals surface area contributed by atoms with Crippen LogP contribution in [0.3, 0.4) is 0 Å². The molecule has 0 spiro atoms. The summed E-state index contributed by atoms with van der Waals surface area (Å²) in [4.78, 5) is 29.8. The fourth-order valence-corrected chi connectivity index (χ4v) is 3.92. The fraction of sp³-hybridized carbons (Fsp3) is 0.250. The van der Waals surface area contributed by atoms with E-state index in [4.69, 9.17) is 11.6 Å². The van der Waals surface area contributed by atoms with Crippen LogP contribution in [0.15, 0.2) is 52.4 Å². The lowest BCUT2D eigenvalue weighted by Gasteiger charge is -2.16. The van der Waals surface area contributed by atoms with Crippen molar-refractivity contribution in [3.63, 3.8) is 0 Å². The van der Waals surface area contributed by atoms with E-state index in [-0.39, 0.29) is 23.3 Å². The molecule has 0 aliphatic carbocycles. The SMILES string of the molecule is Cc1cc(Cl)ccc1NC(=O)CSc1nc2ccccc2c(=O)n1C(C)C. The van der Waals surface area contributed by atoms with Crippen LogP contribution in [-0.4, -0.2) is 21.2 Å². The summed E-state index contributed by atoms with van der Waals surface area (Å²) in [6.07, 6.45) is 0. The van der Waals surface area contributed by atoms with Crippen molar-refractivity contribution in [1.29, 1.82) is 0 Å². The van der Waals surface area contributed by atoms with Crippen LogP contribution in [-0.2, 0) is 4.79 Å². The van der Waals surface area contributed by atoms with Crippen LogP contribution in [0.5, 0.6) is 0 Å². The highest BCUT2D eigenvalue weighted by Gasteiger charge is 2.15. The minimum Gasteiger partial charge on any atom is -0.325 e. The Bertz CT molecular complexity index is 1060. The van der Waals surface area contributed by atoms with Gasteiger partial charge in [0.05, 0.1) is 16.7 Å². The molecule has 1 heterocycles. The molecule has 0 aliphatic heterocycles. The number of aromatic nitrogens is 2. The monoisotopic (exact) mass is 401 g/mol. The number of amides is 1. The summed E-state index contributed by atoms with van der Waals surface area (Å²) in [5.74, 6) is -0.0114. The van der Waals surface area contributed by atoms with Gasteiger partial charge < -0.3 is 5.32 Å². The first-order valence-electron chi connectivity index (χ1n) is 8.57. The molecular weight excluding hydrogens is 382 g/mol. The van der Waals surface area contributed by atoms with Gasteiger partial charge in [-0.25, -0.2) is 4.98 Å². The third-order valence-electron chi connectivity index (χ3n) is 4.09. The Balaban J connectivity index is 1.82. The molecule has 1 amide bonds. The number of nitrogens with one attached hydrogen (secondary N) is 1. The molecule has 2 aromatic carbocycles. The maximum atomic E-state index is 12.8. The van der Waals surface area contributed by atoms with Gasteiger partial charge in [-0.1, -0.05) is 35.5 Å². The Hall–Kier alpha value is -2.31. The van der Waals surface area contributed by atoms with Crippen LogP contribution in [0.25, 0.3) is 10.9 Å². The topological polar surface area (TPSA) is 64.0 Å². The molecule has 0 bridgehead atoms. The van der Waals surface area contributed by atoms with Crippen LogP contribution in [0.1, 0.15) is 25.5 Å². The molecule has 0 atom stereocenters. The summed E-state index contributed by atoms with van der Waals surface area (Å²) in [7, 11) is 0. The van der Waals surface area contributed by atoms with Gasteiger partial charge in [0, 0.05) is 16.8 Å². The van der Waals surface area contributed by atoms with E-state index in [9.17, 15) is 9.59 Å². The molecule has 1 aromatic heterocycles. The van der Waals surface area contributed by atoms with Crippen LogP contribution < -0.4 is 10.9 Å². The van der Waals surface area contributed by atoms with Crippen LogP contribution in [0, 0.1) is 6.92 Å². The van der Waals surface area contributed by atoms with Crippen molar-refractivity contribution in [2.45, 2.75) is 32.0 Å². The second-order valence-corrected chi connectivity index (χ2v) is 7.86. The summed E-state index contributed by atoms with van der Waals surface area (Å²) in [5, 5.41) is 4.62. The minimum absolute atomic E-state index is 0.0568. The van der Waals surface area contributed by atoms with Gasteiger partial charge in [-0.3, -0.25) is 14.2 Å². The molecule has 27 heavy (non-hydrogen) atoms. The van der Waals surface area contributed by atoms with Gasteiger partial charge >= 0.3 is 0 Å². The van der Waals surface area contributed by atoms with Crippen molar-refractivity contribution in [3.05, 3.63) is 63.4 Å². The van der Waals surface area contributed by atoms with Crippen molar-refractivity contribution in [2.75, 3.05) is 11.1 Å². The standard InChI is InChI=1S/C20H20ClN3O2S/c1-12(2)24-19(26)15-6-4-5-7-17(15)23-20(24)27-11-18(25)22-16-9-8-14(21)10-13(16)3/h4-10,12H,11H2,1-3H3,(H,22,25). The maximum absolute atomic E-state index is 12.8. The first kappa shape index (κ1) is 19.5. The number of anilines is 1. The van der Waals surface area contributed by atoms with E-state index < -0.39 is 0 Å². The molecule has 0 aliphatic rings. The average Bonchev–Trinajstić information content (AvgIpc) is 2.62. The number of carbonyl (C=O) groups is 1. The highest BCUT2D eigenvalue weighted by molar-refractivity contribution is 7.99. The van der Waals surface area contributed by atoms with E-state index in [2.05, 4.69) is 10.3 Å².